The summed E-state index contributed by atoms with van der Waals surface area (Å²) < 4.78 is 15.5. The number of rotatable bonds is 7. The summed E-state index contributed by atoms with van der Waals surface area (Å²) in [6.07, 6.45) is 3.89. The van der Waals surface area contributed by atoms with Crippen molar-refractivity contribution >= 4 is 12.1 Å². The third kappa shape index (κ3) is 9.43. The Labute approximate surface area is 139 Å². The molecule has 0 radical (unpaired) electrons. The van der Waals surface area contributed by atoms with E-state index in [2.05, 4.69) is 5.32 Å². The van der Waals surface area contributed by atoms with E-state index in [0.717, 1.165) is 25.7 Å². The Hall–Kier alpha value is -1.30. The van der Waals surface area contributed by atoms with Crippen molar-refractivity contribution in [3.8, 4) is 0 Å². The molecule has 0 aliphatic heterocycles. The van der Waals surface area contributed by atoms with Gasteiger partial charge in [0.1, 0.15) is 12.2 Å². The molecule has 1 N–H and O–H groups in total. The van der Waals surface area contributed by atoms with Crippen molar-refractivity contribution in [1.29, 1.82) is 0 Å². The molecule has 0 saturated heterocycles. The Bertz CT molecular complexity index is 370. The largest absolute Gasteiger partial charge is 0.464 e. The van der Waals surface area contributed by atoms with Crippen LogP contribution >= 0.6 is 0 Å². The molecule has 0 heterocycles. The van der Waals surface area contributed by atoms with Crippen molar-refractivity contribution in [2.45, 2.75) is 59.0 Å². The normalized spacial score (nSPS) is 21.6. The number of hydrogen-bond donors (Lipinski definition) is 1. The Balaban J connectivity index is 2.11. The first kappa shape index (κ1) is 19.7. The van der Waals surface area contributed by atoms with Gasteiger partial charge in [0.05, 0.1) is 13.2 Å². The predicted octanol–water partition coefficient (Wildman–Crippen LogP) is 2.90. The van der Waals surface area contributed by atoms with Crippen LogP contribution in [0.3, 0.4) is 0 Å². The standard InChI is InChI=1S/C17H31NO5/c1-5-22-15(19)12-21-11-14-8-6-13(7-9-14)10-18-16(20)23-17(2,3)4/h13-14H,5-12H2,1-4H3,(H,18,20)/t13-,14-. The summed E-state index contributed by atoms with van der Waals surface area (Å²) in [5.41, 5.74) is -0.460. The number of nitrogens with one attached hydrogen (secondary N) is 1. The van der Waals surface area contributed by atoms with E-state index >= 15 is 0 Å². The van der Waals surface area contributed by atoms with Crippen LogP contribution in [0.5, 0.6) is 0 Å². The average Bonchev–Trinajstić information content (AvgIpc) is 2.45. The van der Waals surface area contributed by atoms with Crippen molar-refractivity contribution < 1.29 is 23.8 Å². The number of carbonyl (C=O) groups is 2. The van der Waals surface area contributed by atoms with Gasteiger partial charge >= 0.3 is 12.1 Å². The van der Waals surface area contributed by atoms with E-state index in [-0.39, 0.29) is 18.7 Å². The van der Waals surface area contributed by atoms with Crippen molar-refractivity contribution in [3.05, 3.63) is 0 Å². The molecule has 0 spiro atoms. The molecule has 1 saturated carbocycles. The SMILES string of the molecule is CCOC(=O)COC[C@H]1CC[C@H](CNC(=O)OC(C)(C)C)CC1. The van der Waals surface area contributed by atoms with Crippen LogP contribution in [0, 0.1) is 11.8 Å². The second-order valence-corrected chi connectivity index (χ2v) is 7.09. The maximum Gasteiger partial charge on any atom is 0.407 e. The second kappa shape index (κ2) is 9.75. The Morgan fingerprint density at radius 2 is 1.70 bits per heavy atom. The topological polar surface area (TPSA) is 73.9 Å². The molecule has 0 unspecified atom stereocenters. The fourth-order valence-corrected chi connectivity index (χ4v) is 2.66. The average molecular weight is 329 g/mol. The molecule has 1 fully saturated rings. The molecule has 134 valence electrons. The third-order valence-corrected chi connectivity index (χ3v) is 3.78. The highest BCUT2D eigenvalue weighted by Crippen LogP contribution is 2.28. The lowest BCUT2D eigenvalue weighted by Crippen LogP contribution is -2.36. The molecule has 0 bridgehead atoms. The molecule has 0 aromatic heterocycles. The Kier molecular flexibility index (Phi) is 8.37. The van der Waals surface area contributed by atoms with Gasteiger partial charge in [-0.05, 0) is 65.2 Å². The maximum atomic E-state index is 11.6. The van der Waals surface area contributed by atoms with Gasteiger partial charge in [0.25, 0.3) is 0 Å². The zero-order chi connectivity index (χ0) is 17.3. The van der Waals surface area contributed by atoms with Gasteiger partial charge in [0, 0.05) is 6.54 Å². The molecule has 6 nitrogen and oxygen atoms in total. The highest BCUT2D eigenvalue weighted by atomic mass is 16.6. The van der Waals surface area contributed by atoms with Crippen LogP contribution in [0.25, 0.3) is 0 Å². The smallest absolute Gasteiger partial charge is 0.407 e. The summed E-state index contributed by atoms with van der Waals surface area (Å²) in [4.78, 5) is 22.8. The van der Waals surface area contributed by atoms with Gasteiger partial charge < -0.3 is 19.5 Å². The maximum absolute atomic E-state index is 11.6. The number of hydrogen-bond acceptors (Lipinski definition) is 5. The van der Waals surface area contributed by atoms with Crippen molar-refractivity contribution in [1.82, 2.24) is 5.32 Å². The van der Waals surface area contributed by atoms with Crippen LogP contribution in [-0.2, 0) is 19.0 Å². The lowest BCUT2D eigenvalue weighted by molar-refractivity contribution is -0.149. The summed E-state index contributed by atoms with van der Waals surface area (Å²) >= 11 is 0. The monoisotopic (exact) mass is 329 g/mol. The molecule has 1 amide bonds. The molecular weight excluding hydrogens is 298 g/mol. The first-order valence-electron chi connectivity index (χ1n) is 8.50. The van der Waals surface area contributed by atoms with E-state index in [1.165, 1.54) is 0 Å². The van der Waals surface area contributed by atoms with Gasteiger partial charge in [-0.15, -0.1) is 0 Å². The molecule has 0 aromatic rings. The van der Waals surface area contributed by atoms with Crippen LogP contribution in [0.1, 0.15) is 53.4 Å². The quantitative estimate of drug-likeness (QED) is 0.727. The van der Waals surface area contributed by atoms with E-state index in [4.69, 9.17) is 14.2 Å². The summed E-state index contributed by atoms with van der Waals surface area (Å²) in [6.45, 7) is 9.03. The number of esters is 1. The zero-order valence-electron chi connectivity index (χ0n) is 14.9. The van der Waals surface area contributed by atoms with Crippen LogP contribution in [0.2, 0.25) is 0 Å². The van der Waals surface area contributed by atoms with Gasteiger partial charge in [-0.25, -0.2) is 9.59 Å². The minimum absolute atomic E-state index is 0.0357. The molecule has 1 rings (SSSR count). The summed E-state index contributed by atoms with van der Waals surface area (Å²) in [5, 5.41) is 2.84. The van der Waals surface area contributed by atoms with Gasteiger partial charge in [0.2, 0.25) is 0 Å². The molecule has 1 aliphatic rings. The number of carbonyl (C=O) groups excluding carboxylic acids is 2. The second-order valence-electron chi connectivity index (χ2n) is 7.09. The lowest BCUT2D eigenvalue weighted by atomic mass is 9.82. The van der Waals surface area contributed by atoms with E-state index < -0.39 is 5.60 Å². The number of amides is 1. The minimum atomic E-state index is -0.460. The predicted molar refractivity (Wildman–Crippen MR) is 87.1 cm³/mol. The van der Waals surface area contributed by atoms with Gasteiger partial charge in [0.15, 0.2) is 0 Å². The molecular formula is C17H31NO5. The highest BCUT2D eigenvalue weighted by Gasteiger charge is 2.23. The molecule has 23 heavy (non-hydrogen) atoms. The highest BCUT2D eigenvalue weighted by molar-refractivity contribution is 5.70. The minimum Gasteiger partial charge on any atom is -0.464 e. The van der Waals surface area contributed by atoms with Gasteiger partial charge in [-0.2, -0.15) is 0 Å². The fraction of sp³-hybridized carbons (Fsp3) is 0.882. The van der Waals surface area contributed by atoms with Crippen molar-refractivity contribution in [2.75, 3.05) is 26.4 Å². The van der Waals surface area contributed by atoms with Gasteiger partial charge in [-0.1, -0.05) is 0 Å². The molecule has 0 aromatic carbocycles. The van der Waals surface area contributed by atoms with Crippen LogP contribution in [0.15, 0.2) is 0 Å². The Morgan fingerprint density at radius 1 is 1.09 bits per heavy atom. The van der Waals surface area contributed by atoms with E-state index in [0.29, 0.717) is 31.6 Å². The Morgan fingerprint density at radius 3 is 2.26 bits per heavy atom. The zero-order valence-corrected chi connectivity index (χ0v) is 14.9. The van der Waals surface area contributed by atoms with Crippen molar-refractivity contribution in [2.24, 2.45) is 11.8 Å². The van der Waals surface area contributed by atoms with Crippen molar-refractivity contribution in [3.63, 3.8) is 0 Å². The first-order chi connectivity index (χ1) is 10.8. The van der Waals surface area contributed by atoms with E-state index in [9.17, 15) is 9.59 Å². The van der Waals surface area contributed by atoms with Crippen LogP contribution in [0.4, 0.5) is 4.79 Å². The summed E-state index contributed by atoms with van der Waals surface area (Å²) in [6, 6.07) is 0. The molecule has 1 aliphatic carbocycles. The lowest BCUT2D eigenvalue weighted by Gasteiger charge is -2.28. The molecule has 6 heteroatoms. The van der Waals surface area contributed by atoms with Crippen LogP contribution < -0.4 is 5.32 Å². The van der Waals surface area contributed by atoms with E-state index in [1.54, 1.807) is 6.92 Å². The third-order valence-electron chi connectivity index (χ3n) is 3.78. The number of ether oxygens (including phenoxy) is 3. The first-order valence-corrected chi connectivity index (χ1v) is 8.50. The van der Waals surface area contributed by atoms with E-state index in [1.807, 2.05) is 20.8 Å². The number of alkyl carbamates (subject to hydrolysis) is 1. The fourth-order valence-electron chi connectivity index (χ4n) is 2.66. The van der Waals surface area contributed by atoms with Crippen LogP contribution in [-0.4, -0.2) is 44.0 Å². The summed E-state index contributed by atoms with van der Waals surface area (Å²) in [5.74, 6) is 0.675. The summed E-state index contributed by atoms with van der Waals surface area (Å²) in [7, 11) is 0. The van der Waals surface area contributed by atoms with Gasteiger partial charge in [-0.3, -0.25) is 0 Å². The molecule has 0 atom stereocenters.